The van der Waals surface area contributed by atoms with Crippen molar-refractivity contribution < 1.29 is 14.7 Å². The minimum Gasteiger partial charge on any atom is -0.481 e. The summed E-state index contributed by atoms with van der Waals surface area (Å²) in [6.07, 6.45) is -0.165. The minimum absolute atomic E-state index is 0.165. The van der Waals surface area contributed by atoms with Crippen LogP contribution in [0.2, 0.25) is 0 Å². The third-order valence-electron chi connectivity index (χ3n) is 2.37. The number of amides is 1. The molecule has 1 aromatic carbocycles. The lowest BCUT2D eigenvalue weighted by Gasteiger charge is -2.12. The van der Waals surface area contributed by atoms with Crippen molar-refractivity contribution >= 4 is 33.5 Å². The van der Waals surface area contributed by atoms with Crippen molar-refractivity contribution in [3.63, 3.8) is 0 Å². The Bertz CT molecular complexity index is 445. The Hall–Kier alpha value is -1.36. The zero-order chi connectivity index (χ0) is 13.0. The number of carboxylic acids is 1. The van der Waals surface area contributed by atoms with Gasteiger partial charge in [-0.05, 0) is 30.7 Å². The average Bonchev–Trinajstić information content (AvgIpc) is 2.21. The zero-order valence-corrected chi connectivity index (χ0v) is 11.2. The molecule has 0 saturated carbocycles. The van der Waals surface area contributed by atoms with Crippen molar-refractivity contribution in [2.75, 3.05) is 5.32 Å². The van der Waals surface area contributed by atoms with Crippen LogP contribution >= 0.6 is 15.9 Å². The summed E-state index contributed by atoms with van der Waals surface area (Å²) in [7, 11) is 0. The van der Waals surface area contributed by atoms with E-state index in [1.54, 1.807) is 13.0 Å². The van der Waals surface area contributed by atoms with Crippen molar-refractivity contribution in [1.29, 1.82) is 0 Å². The molecule has 5 heteroatoms. The van der Waals surface area contributed by atoms with Gasteiger partial charge in [0.05, 0.1) is 6.42 Å². The van der Waals surface area contributed by atoms with Crippen molar-refractivity contribution in [2.24, 2.45) is 5.92 Å². The fraction of sp³-hybridized carbons (Fsp3) is 0.333. The monoisotopic (exact) mass is 299 g/mol. The van der Waals surface area contributed by atoms with Crippen LogP contribution in [0.25, 0.3) is 0 Å². The SMILES string of the molecule is Cc1cc(Br)ccc1NC(=O)C(C)CC(=O)O. The van der Waals surface area contributed by atoms with Crippen LogP contribution in [0.3, 0.4) is 0 Å². The highest BCUT2D eigenvalue weighted by Crippen LogP contribution is 2.20. The number of anilines is 1. The summed E-state index contributed by atoms with van der Waals surface area (Å²) in [5.74, 6) is -1.80. The summed E-state index contributed by atoms with van der Waals surface area (Å²) < 4.78 is 0.937. The van der Waals surface area contributed by atoms with Gasteiger partial charge in [0.15, 0.2) is 0 Å². The molecule has 0 heterocycles. The van der Waals surface area contributed by atoms with Crippen LogP contribution in [-0.4, -0.2) is 17.0 Å². The lowest BCUT2D eigenvalue weighted by atomic mass is 10.1. The summed E-state index contributed by atoms with van der Waals surface area (Å²) in [6.45, 7) is 3.47. The second-order valence-electron chi connectivity index (χ2n) is 3.95. The predicted octanol–water partition coefficient (Wildman–Crippen LogP) is 2.81. The molecular weight excluding hydrogens is 286 g/mol. The van der Waals surface area contributed by atoms with Crippen LogP contribution in [0, 0.1) is 12.8 Å². The molecule has 1 amide bonds. The third-order valence-corrected chi connectivity index (χ3v) is 2.87. The number of carbonyl (C=O) groups is 2. The Labute approximate surface area is 108 Å². The largest absolute Gasteiger partial charge is 0.481 e. The first-order valence-electron chi connectivity index (χ1n) is 5.19. The second-order valence-corrected chi connectivity index (χ2v) is 4.86. The van der Waals surface area contributed by atoms with Gasteiger partial charge in [-0.15, -0.1) is 0 Å². The first-order chi connectivity index (χ1) is 7.90. The summed E-state index contributed by atoms with van der Waals surface area (Å²) in [5.41, 5.74) is 1.63. The van der Waals surface area contributed by atoms with E-state index in [1.807, 2.05) is 19.1 Å². The fourth-order valence-electron chi connectivity index (χ4n) is 1.38. The van der Waals surface area contributed by atoms with E-state index in [1.165, 1.54) is 0 Å². The highest BCUT2D eigenvalue weighted by Gasteiger charge is 2.16. The van der Waals surface area contributed by atoms with Gasteiger partial charge in [0.25, 0.3) is 0 Å². The van der Waals surface area contributed by atoms with E-state index in [0.29, 0.717) is 5.69 Å². The maximum atomic E-state index is 11.7. The summed E-state index contributed by atoms with van der Waals surface area (Å²) in [4.78, 5) is 22.2. The number of hydrogen-bond acceptors (Lipinski definition) is 2. The molecule has 17 heavy (non-hydrogen) atoms. The van der Waals surface area contributed by atoms with E-state index in [2.05, 4.69) is 21.2 Å². The second kappa shape index (κ2) is 5.82. The molecule has 2 N–H and O–H groups in total. The van der Waals surface area contributed by atoms with Gasteiger partial charge < -0.3 is 10.4 Å². The summed E-state index contributed by atoms with van der Waals surface area (Å²) in [5, 5.41) is 11.3. The number of carboxylic acid groups (broad SMARTS) is 1. The Morgan fingerprint density at radius 1 is 1.47 bits per heavy atom. The normalized spacial score (nSPS) is 11.9. The average molecular weight is 300 g/mol. The summed E-state index contributed by atoms with van der Waals surface area (Å²) in [6, 6.07) is 5.49. The Balaban J connectivity index is 2.71. The minimum atomic E-state index is -0.972. The molecule has 92 valence electrons. The van der Waals surface area contributed by atoms with Gasteiger partial charge in [0, 0.05) is 16.1 Å². The van der Waals surface area contributed by atoms with Crippen molar-refractivity contribution in [3.05, 3.63) is 28.2 Å². The molecule has 0 saturated heterocycles. The van der Waals surface area contributed by atoms with Gasteiger partial charge in [-0.3, -0.25) is 9.59 Å². The first kappa shape index (κ1) is 13.7. The molecule has 1 unspecified atom stereocenters. The Kier molecular flexibility index (Phi) is 4.69. The lowest BCUT2D eigenvalue weighted by Crippen LogP contribution is -2.23. The highest BCUT2D eigenvalue weighted by molar-refractivity contribution is 9.10. The van der Waals surface area contributed by atoms with Crippen LogP contribution < -0.4 is 5.32 Å². The van der Waals surface area contributed by atoms with Crippen molar-refractivity contribution in [2.45, 2.75) is 20.3 Å². The first-order valence-corrected chi connectivity index (χ1v) is 5.98. The quantitative estimate of drug-likeness (QED) is 0.898. The number of nitrogens with one attached hydrogen (secondary N) is 1. The van der Waals surface area contributed by atoms with Crippen LogP contribution in [-0.2, 0) is 9.59 Å². The molecule has 0 fully saturated rings. The molecule has 0 aromatic heterocycles. The standard InChI is InChI=1S/C12H14BrNO3/c1-7-5-9(13)3-4-10(7)14-12(17)8(2)6-11(15)16/h3-5,8H,6H2,1-2H3,(H,14,17)(H,15,16). The third kappa shape index (κ3) is 4.19. The van der Waals surface area contributed by atoms with Gasteiger partial charge >= 0.3 is 5.97 Å². The predicted molar refractivity (Wildman–Crippen MR) is 68.9 cm³/mol. The number of aryl methyl sites for hydroxylation is 1. The highest BCUT2D eigenvalue weighted by atomic mass is 79.9. The topological polar surface area (TPSA) is 66.4 Å². The van der Waals surface area contributed by atoms with Gasteiger partial charge in [-0.2, -0.15) is 0 Å². The van der Waals surface area contributed by atoms with E-state index >= 15 is 0 Å². The molecule has 0 aliphatic heterocycles. The summed E-state index contributed by atoms with van der Waals surface area (Å²) >= 11 is 3.33. The van der Waals surface area contributed by atoms with Crippen molar-refractivity contribution in [3.8, 4) is 0 Å². The van der Waals surface area contributed by atoms with Gasteiger partial charge in [-0.25, -0.2) is 0 Å². The lowest BCUT2D eigenvalue weighted by molar-refractivity contribution is -0.139. The molecular formula is C12H14BrNO3. The van der Waals surface area contributed by atoms with Crippen molar-refractivity contribution in [1.82, 2.24) is 0 Å². The maximum Gasteiger partial charge on any atom is 0.304 e. The van der Waals surface area contributed by atoms with Crippen LogP contribution in [0.1, 0.15) is 18.9 Å². The van der Waals surface area contributed by atoms with E-state index < -0.39 is 11.9 Å². The smallest absolute Gasteiger partial charge is 0.304 e. The van der Waals surface area contributed by atoms with Crippen LogP contribution in [0.15, 0.2) is 22.7 Å². The van der Waals surface area contributed by atoms with E-state index in [0.717, 1.165) is 10.0 Å². The molecule has 1 rings (SSSR count). The molecule has 1 atom stereocenters. The molecule has 0 aliphatic rings. The number of halogens is 1. The van der Waals surface area contributed by atoms with Gasteiger partial charge in [-0.1, -0.05) is 22.9 Å². The molecule has 4 nitrogen and oxygen atoms in total. The number of benzene rings is 1. The Morgan fingerprint density at radius 2 is 2.12 bits per heavy atom. The maximum absolute atomic E-state index is 11.7. The molecule has 0 bridgehead atoms. The van der Waals surface area contributed by atoms with E-state index in [4.69, 9.17) is 5.11 Å². The number of rotatable bonds is 4. The zero-order valence-electron chi connectivity index (χ0n) is 9.66. The molecule has 1 aromatic rings. The molecule has 0 aliphatic carbocycles. The van der Waals surface area contributed by atoms with E-state index in [9.17, 15) is 9.59 Å². The van der Waals surface area contributed by atoms with Crippen LogP contribution in [0.5, 0.6) is 0 Å². The van der Waals surface area contributed by atoms with E-state index in [-0.39, 0.29) is 12.3 Å². The number of carbonyl (C=O) groups excluding carboxylic acids is 1. The number of hydrogen-bond donors (Lipinski definition) is 2. The van der Waals surface area contributed by atoms with Gasteiger partial charge in [0.2, 0.25) is 5.91 Å². The molecule has 0 spiro atoms. The van der Waals surface area contributed by atoms with Crippen LogP contribution in [0.4, 0.5) is 5.69 Å². The number of aliphatic carboxylic acids is 1. The fourth-order valence-corrected chi connectivity index (χ4v) is 1.85. The Morgan fingerprint density at radius 3 is 2.65 bits per heavy atom. The molecule has 0 radical (unpaired) electrons. The van der Waals surface area contributed by atoms with Gasteiger partial charge in [0.1, 0.15) is 0 Å².